The average molecular weight is 341 g/mol. The summed E-state index contributed by atoms with van der Waals surface area (Å²) in [5.74, 6) is 1.49. The van der Waals surface area contributed by atoms with E-state index in [9.17, 15) is 4.79 Å². The smallest absolute Gasteiger partial charge is 0.234 e. The van der Waals surface area contributed by atoms with E-state index in [0.717, 1.165) is 27.0 Å². The van der Waals surface area contributed by atoms with Gasteiger partial charge in [-0.25, -0.2) is 0 Å². The summed E-state index contributed by atoms with van der Waals surface area (Å²) < 4.78 is 1.85. The van der Waals surface area contributed by atoms with Crippen molar-refractivity contribution in [3.05, 3.63) is 40.2 Å². The minimum atomic E-state index is 0.00957. The van der Waals surface area contributed by atoms with E-state index >= 15 is 0 Å². The zero-order chi connectivity index (χ0) is 16.7. The van der Waals surface area contributed by atoms with Crippen LogP contribution in [0.1, 0.15) is 47.1 Å². The maximum atomic E-state index is 12.2. The van der Waals surface area contributed by atoms with E-state index in [0.29, 0.717) is 18.8 Å². The molecule has 0 atom stereocenters. The van der Waals surface area contributed by atoms with Crippen LogP contribution in [0, 0.1) is 13.8 Å². The first-order chi connectivity index (χ1) is 11.6. The largest absolute Gasteiger partial charge is 0.326 e. The first kappa shape index (κ1) is 15.3. The van der Waals surface area contributed by atoms with Crippen LogP contribution in [0.3, 0.4) is 0 Å². The second-order valence-corrected chi connectivity index (χ2v) is 7.43. The Labute approximate surface area is 143 Å². The zero-order valence-electron chi connectivity index (χ0n) is 13.7. The van der Waals surface area contributed by atoms with Crippen LogP contribution in [0.15, 0.2) is 18.2 Å². The standard InChI is InChI=1S/C17H19N5OS/c1-10-3-6-13(11(2)9-10)18-14(23)7-8-15-21-22-16(12-4-5-12)19-20-17(22)24-15/h3,6,9,12H,4-5,7-8H2,1-2H3,(H,18,23). The van der Waals surface area contributed by atoms with E-state index in [1.54, 1.807) is 0 Å². The summed E-state index contributed by atoms with van der Waals surface area (Å²) in [5, 5.41) is 16.9. The number of carbonyl (C=O) groups is 1. The monoisotopic (exact) mass is 341 g/mol. The quantitative estimate of drug-likeness (QED) is 0.773. The molecule has 1 N–H and O–H groups in total. The highest BCUT2D eigenvalue weighted by Gasteiger charge is 2.30. The van der Waals surface area contributed by atoms with Crippen molar-refractivity contribution in [2.45, 2.75) is 45.4 Å². The number of anilines is 1. The Hall–Kier alpha value is -2.28. The Balaban J connectivity index is 1.40. The normalized spacial score (nSPS) is 14.2. The van der Waals surface area contributed by atoms with E-state index in [1.807, 2.05) is 30.5 Å². The number of nitrogens with zero attached hydrogens (tertiary/aromatic N) is 4. The van der Waals surface area contributed by atoms with Crippen LogP contribution >= 0.6 is 11.3 Å². The fourth-order valence-electron chi connectivity index (χ4n) is 2.76. The lowest BCUT2D eigenvalue weighted by Crippen LogP contribution is -2.13. The first-order valence-electron chi connectivity index (χ1n) is 8.18. The van der Waals surface area contributed by atoms with Crippen molar-refractivity contribution in [2.24, 2.45) is 0 Å². The van der Waals surface area contributed by atoms with E-state index in [1.165, 1.54) is 29.7 Å². The topological polar surface area (TPSA) is 72.2 Å². The molecule has 6 nitrogen and oxygen atoms in total. The number of nitrogens with one attached hydrogen (secondary N) is 1. The number of rotatable bonds is 5. The van der Waals surface area contributed by atoms with Gasteiger partial charge in [0, 0.05) is 24.4 Å². The highest BCUT2D eigenvalue weighted by Crippen LogP contribution is 2.39. The molecule has 1 aliphatic carbocycles. The molecule has 0 aliphatic heterocycles. The molecule has 0 spiro atoms. The maximum Gasteiger partial charge on any atom is 0.234 e. The summed E-state index contributed by atoms with van der Waals surface area (Å²) in [6.45, 7) is 4.05. The molecule has 24 heavy (non-hydrogen) atoms. The van der Waals surface area contributed by atoms with E-state index in [2.05, 4.69) is 26.7 Å². The van der Waals surface area contributed by atoms with Gasteiger partial charge >= 0.3 is 0 Å². The van der Waals surface area contributed by atoms with Gasteiger partial charge in [-0.1, -0.05) is 29.0 Å². The second-order valence-electron chi connectivity index (χ2n) is 6.39. The third-order valence-electron chi connectivity index (χ3n) is 4.22. The van der Waals surface area contributed by atoms with Crippen molar-refractivity contribution in [3.63, 3.8) is 0 Å². The van der Waals surface area contributed by atoms with Gasteiger partial charge in [0.25, 0.3) is 0 Å². The molecule has 124 valence electrons. The molecule has 0 bridgehead atoms. The third kappa shape index (κ3) is 3.03. The highest BCUT2D eigenvalue weighted by molar-refractivity contribution is 7.16. The summed E-state index contributed by atoms with van der Waals surface area (Å²) in [7, 11) is 0. The first-order valence-corrected chi connectivity index (χ1v) is 9.00. The Morgan fingerprint density at radius 3 is 2.92 bits per heavy atom. The fourth-order valence-corrected chi connectivity index (χ4v) is 3.60. The molecule has 7 heteroatoms. The molecule has 3 aromatic rings. The second kappa shape index (κ2) is 5.98. The van der Waals surface area contributed by atoms with Gasteiger partial charge in [-0.2, -0.15) is 9.61 Å². The molecule has 2 aromatic heterocycles. The van der Waals surface area contributed by atoms with Crippen LogP contribution in [0.25, 0.3) is 4.96 Å². The van der Waals surface area contributed by atoms with Gasteiger partial charge in [-0.05, 0) is 38.3 Å². The van der Waals surface area contributed by atoms with Crippen LogP contribution in [-0.4, -0.2) is 25.7 Å². The van der Waals surface area contributed by atoms with Crippen molar-refractivity contribution >= 4 is 27.9 Å². The summed E-state index contributed by atoms with van der Waals surface area (Å²) in [4.78, 5) is 13.0. The Morgan fingerprint density at radius 1 is 1.33 bits per heavy atom. The predicted octanol–water partition coefficient (Wildman–Crippen LogP) is 3.25. The lowest BCUT2D eigenvalue weighted by atomic mass is 10.1. The number of fused-ring (bicyclic) bond motifs is 1. The molecular formula is C17H19N5OS. The molecule has 0 saturated heterocycles. The van der Waals surface area contributed by atoms with Gasteiger partial charge in [-0.3, -0.25) is 4.79 Å². The Kier molecular flexibility index (Phi) is 3.80. The lowest BCUT2D eigenvalue weighted by molar-refractivity contribution is -0.116. The van der Waals surface area contributed by atoms with Gasteiger partial charge in [0.1, 0.15) is 5.01 Å². The average Bonchev–Trinajstić information content (AvgIpc) is 3.18. The summed E-state index contributed by atoms with van der Waals surface area (Å²) >= 11 is 1.51. The number of carbonyl (C=O) groups excluding carboxylic acids is 1. The fraction of sp³-hybridized carbons (Fsp3) is 0.412. The minimum absolute atomic E-state index is 0.00957. The van der Waals surface area contributed by atoms with Crippen molar-refractivity contribution in [1.29, 1.82) is 0 Å². The van der Waals surface area contributed by atoms with Gasteiger partial charge in [-0.15, -0.1) is 10.2 Å². The Morgan fingerprint density at radius 2 is 2.17 bits per heavy atom. The zero-order valence-corrected chi connectivity index (χ0v) is 14.6. The van der Waals surface area contributed by atoms with Crippen LogP contribution in [0.2, 0.25) is 0 Å². The van der Waals surface area contributed by atoms with Crippen LogP contribution in [0.4, 0.5) is 5.69 Å². The molecular weight excluding hydrogens is 322 g/mol. The molecule has 2 heterocycles. The minimum Gasteiger partial charge on any atom is -0.326 e. The molecule has 1 fully saturated rings. The van der Waals surface area contributed by atoms with Crippen LogP contribution in [0.5, 0.6) is 0 Å². The van der Waals surface area contributed by atoms with Crippen molar-refractivity contribution in [2.75, 3.05) is 5.32 Å². The molecule has 0 unspecified atom stereocenters. The van der Waals surface area contributed by atoms with Crippen molar-refractivity contribution < 1.29 is 4.79 Å². The number of aryl methyl sites for hydroxylation is 3. The summed E-state index contributed by atoms with van der Waals surface area (Å²) in [6.07, 6.45) is 3.38. The molecule has 1 amide bonds. The highest BCUT2D eigenvalue weighted by atomic mass is 32.1. The van der Waals surface area contributed by atoms with Gasteiger partial charge in [0.2, 0.25) is 10.9 Å². The lowest BCUT2D eigenvalue weighted by Gasteiger charge is -2.08. The molecule has 1 saturated carbocycles. The molecule has 4 rings (SSSR count). The number of amides is 1. The van der Waals surface area contributed by atoms with Gasteiger partial charge in [0.05, 0.1) is 0 Å². The third-order valence-corrected chi connectivity index (χ3v) is 5.18. The molecule has 1 aliphatic rings. The van der Waals surface area contributed by atoms with E-state index < -0.39 is 0 Å². The SMILES string of the molecule is Cc1ccc(NC(=O)CCc2nn3c(C4CC4)nnc3s2)c(C)c1. The predicted molar refractivity (Wildman–Crippen MR) is 93.5 cm³/mol. The van der Waals surface area contributed by atoms with Gasteiger partial charge < -0.3 is 5.32 Å². The molecule has 1 aromatic carbocycles. The van der Waals surface area contributed by atoms with Crippen LogP contribution < -0.4 is 5.32 Å². The maximum absolute atomic E-state index is 12.2. The van der Waals surface area contributed by atoms with Crippen molar-refractivity contribution in [3.8, 4) is 0 Å². The van der Waals surface area contributed by atoms with Crippen LogP contribution in [-0.2, 0) is 11.2 Å². The summed E-state index contributed by atoms with van der Waals surface area (Å²) in [6, 6.07) is 6.02. The van der Waals surface area contributed by atoms with Gasteiger partial charge in [0.15, 0.2) is 5.82 Å². The molecule has 0 radical (unpaired) electrons. The van der Waals surface area contributed by atoms with E-state index in [-0.39, 0.29) is 5.91 Å². The number of benzene rings is 1. The van der Waals surface area contributed by atoms with Crippen molar-refractivity contribution in [1.82, 2.24) is 19.8 Å². The number of aromatic nitrogens is 4. The Bertz CT molecular complexity index is 909. The summed E-state index contributed by atoms with van der Waals surface area (Å²) in [5.41, 5.74) is 3.15. The number of hydrogen-bond donors (Lipinski definition) is 1. The number of hydrogen-bond acceptors (Lipinski definition) is 5. The van der Waals surface area contributed by atoms with E-state index in [4.69, 9.17) is 0 Å².